The Bertz CT molecular complexity index is 1040. The number of benzene rings is 3. The molecule has 3 rings (SSSR count). The zero-order valence-corrected chi connectivity index (χ0v) is 17.8. The van der Waals surface area contributed by atoms with Crippen LogP contribution in [0.25, 0.3) is 0 Å². The zero-order valence-electron chi connectivity index (χ0n) is 17.8. The van der Waals surface area contributed by atoms with E-state index in [-0.39, 0.29) is 25.3 Å². The van der Waals surface area contributed by atoms with Crippen LogP contribution < -0.4 is 14.8 Å². The molecule has 8 nitrogen and oxygen atoms in total. The monoisotopic (exact) mass is 448 g/mol. The van der Waals surface area contributed by atoms with Gasteiger partial charge < -0.3 is 19.9 Å². The highest BCUT2D eigenvalue weighted by atomic mass is 16.6. The van der Waals surface area contributed by atoms with E-state index in [4.69, 9.17) is 9.47 Å². The first-order valence-corrected chi connectivity index (χ1v) is 10.3. The van der Waals surface area contributed by atoms with E-state index in [0.717, 1.165) is 10.5 Å². The van der Waals surface area contributed by atoms with Gasteiger partial charge in [0.2, 0.25) is 0 Å². The number of aliphatic carboxylic acids is 1. The van der Waals surface area contributed by atoms with Gasteiger partial charge in [-0.25, -0.2) is 14.4 Å². The third kappa shape index (κ3) is 7.39. The highest BCUT2D eigenvalue weighted by molar-refractivity contribution is 5.81. The lowest BCUT2D eigenvalue weighted by atomic mass is 10.0. The van der Waals surface area contributed by atoms with E-state index in [1.807, 2.05) is 6.07 Å². The van der Waals surface area contributed by atoms with Crippen LogP contribution in [0.15, 0.2) is 91.0 Å². The lowest BCUT2D eigenvalue weighted by Crippen LogP contribution is -2.50. The first-order chi connectivity index (χ1) is 16.0. The van der Waals surface area contributed by atoms with Crippen LogP contribution in [0.3, 0.4) is 0 Å². The Morgan fingerprint density at radius 1 is 0.788 bits per heavy atom. The van der Waals surface area contributed by atoms with E-state index >= 15 is 0 Å². The summed E-state index contributed by atoms with van der Waals surface area (Å²) in [4.78, 5) is 38.1. The van der Waals surface area contributed by atoms with Gasteiger partial charge in [-0.15, -0.1) is 0 Å². The normalized spacial score (nSPS) is 11.2. The van der Waals surface area contributed by atoms with Crippen molar-refractivity contribution in [2.75, 3.05) is 13.1 Å². The molecule has 0 heterocycles. The van der Waals surface area contributed by atoms with Crippen molar-refractivity contribution < 1.29 is 29.0 Å². The Hall–Kier alpha value is -4.33. The SMILES string of the molecule is O=C(NCCN(C(=O)Oc1ccccc1)[C@@H](Cc1ccccc1)C(=O)O)Oc1ccccc1. The van der Waals surface area contributed by atoms with Crippen molar-refractivity contribution in [1.82, 2.24) is 10.2 Å². The molecule has 0 fully saturated rings. The largest absolute Gasteiger partial charge is 0.480 e. The summed E-state index contributed by atoms with van der Waals surface area (Å²) in [5.74, 6) is -0.536. The number of rotatable bonds is 9. The quantitative estimate of drug-likeness (QED) is 0.513. The second-order valence-electron chi connectivity index (χ2n) is 7.05. The van der Waals surface area contributed by atoms with E-state index in [2.05, 4.69) is 5.32 Å². The number of para-hydroxylation sites is 2. The van der Waals surface area contributed by atoms with Gasteiger partial charge >= 0.3 is 18.2 Å². The Labute approximate surface area is 191 Å². The van der Waals surface area contributed by atoms with Crippen molar-refractivity contribution in [3.63, 3.8) is 0 Å². The first kappa shape index (κ1) is 23.3. The first-order valence-electron chi connectivity index (χ1n) is 10.3. The summed E-state index contributed by atoms with van der Waals surface area (Å²) in [7, 11) is 0. The number of amides is 2. The van der Waals surface area contributed by atoms with E-state index in [9.17, 15) is 19.5 Å². The van der Waals surface area contributed by atoms with Gasteiger partial charge in [0.25, 0.3) is 0 Å². The molecule has 0 saturated carbocycles. The van der Waals surface area contributed by atoms with Crippen molar-refractivity contribution >= 4 is 18.2 Å². The molecular weight excluding hydrogens is 424 g/mol. The zero-order chi connectivity index (χ0) is 23.5. The summed E-state index contributed by atoms with van der Waals surface area (Å²) in [5, 5.41) is 12.4. The van der Waals surface area contributed by atoms with Gasteiger partial charge in [-0.05, 0) is 29.8 Å². The molecular formula is C25H24N2O6. The molecule has 0 bridgehead atoms. The van der Waals surface area contributed by atoms with Crippen LogP contribution >= 0.6 is 0 Å². The molecule has 0 radical (unpaired) electrons. The predicted octanol–water partition coefficient (Wildman–Crippen LogP) is 3.97. The van der Waals surface area contributed by atoms with Crippen LogP contribution in [0.4, 0.5) is 9.59 Å². The van der Waals surface area contributed by atoms with Crippen molar-refractivity contribution in [3.05, 3.63) is 96.6 Å². The smallest absolute Gasteiger partial charge is 0.416 e. The Morgan fingerprint density at radius 3 is 1.85 bits per heavy atom. The fourth-order valence-corrected chi connectivity index (χ4v) is 3.10. The van der Waals surface area contributed by atoms with Crippen LogP contribution in [0.2, 0.25) is 0 Å². The van der Waals surface area contributed by atoms with Crippen LogP contribution in [0, 0.1) is 0 Å². The van der Waals surface area contributed by atoms with Crippen LogP contribution in [0.5, 0.6) is 11.5 Å². The molecule has 33 heavy (non-hydrogen) atoms. The molecule has 2 N–H and O–H groups in total. The molecule has 0 spiro atoms. The van der Waals surface area contributed by atoms with E-state index in [1.54, 1.807) is 84.9 Å². The predicted molar refractivity (Wildman–Crippen MR) is 121 cm³/mol. The standard InChI is InChI=1S/C25H24N2O6/c28-23(29)22(18-19-10-4-1-5-11-19)27(25(31)33-21-14-8-3-9-15-21)17-16-26-24(30)32-20-12-6-2-7-13-20/h1-15,22H,16-18H2,(H,26,30)(H,28,29)/t22-/m0/s1. The molecule has 2 amide bonds. The minimum Gasteiger partial charge on any atom is -0.480 e. The van der Waals surface area contributed by atoms with E-state index in [1.165, 1.54) is 0 Å². The fourth-order valence-electron chi connectivity index (χ4n) is 3.10. The topological polar surface area (TPSA) is 105 Å². The van der Waals surface area contributed by atoms with Crippen molar-refractivity contribution in [2.24, 2.45) is 0 Å². The summed E-state index contributed by atoms with van der Waals surface area (Å²) in [5.41, 5.74) is 0.749. The molecule has 0 saturated heterocycles. The molecule has 3 aromatic carbocycles. The van der Waals surface area contributed by atoms with Gasteiger partial charge in [0.15, 0.2) is 0 Å². The van der Waals surface area contributed by atoms with Crippen LogP contribution in [0.1, 0.15) is 5.56 Å². The van der Waals surface area contributed by atoms with Crippen molar-refractivity contribution in [2.45, 2.75) is 12.5 Å². The van der Waals surface area contributed by atoms with Crippen LogP contribution in [-0.2, 0) is 11.2 Å². The number of hydrogen-bond donors (Lipinski definition) is 2. The average molecular weight is 448 g/mol. The molecule has 0 aliphatic heterocycles. The average Bonchev–Trinajstić information content (AvgIpc) is 2.82. The van der Waals surface area contributed by atoms with Crippen LogP contribution in [-0.4, -0.2) is 47.3 Å². The third-order valence-corrected chi connectivity index (χ3v) is 4.69. The molecule has 1 atom stereocenters. The maximum absolute atomic E-state index is 12.9. The van der Waals surface area contributed by atoms with Gasteiger partial charge in [0.05, 0.1) is 0 Å². The molecule has 0 aliphatic carbocycles. The number of nitrogens with zero attached hydrogens (tertiary/aromatic N) is 1. The lowest BCUT2D eigenvalue weighted by molar-refractivity contribution is -0.142. The third-order valence-electron chi connectivity index (χ3n) is 4.69. The van der Waals surface area contributed by atoms with Gasteiger partial charge in [-0.1, -0.05) is 66.7 Å². The number of hydrogen-bond acceptors (Lipinski definition) is 5. The number of carbonyl (C=O) groups is 3. The summed E-state index contributed by atoms with van der Waals surface area (Å²) in [6.45, 7) is -0.131. The molecule has 0 aliphatic rings. The highest BCUT2D eigenvalue weighted by Crippen LogP contribution is 2.15. The van der Waals surface area contributed by atoms with Gasteiger partial charge in [0, 0.05) is 19.5 Å². The summed E-state index contributed by atoms with van der Waals surface area (Å²) in [6.07, 6.45) is -1.47. The Balaban J connectivity index is 1.70. The van der Waals surface area contributed by atoms with E-state index < -0.39 is 24.2 Å². The lowest BCUT2D eigenvalue weighted by Gasteiger charge is -2.28. The maximum Gasteiger partial charge on any atom is 0.416 e. The molecule has 8 heteroatoms. The number of nitrogens with one attached hydrogen (secondary N) is 1. The van der Waals surface area contributed by atoms with Crippen molar-refractivity contribution in [3.8, 4) is 11.5 Å². The second-order valence-corrected chi connectivity index (χ2v) is 7.05. The number of carbonyl (C=O) groups excluding carboxylic acids is 2. The fraction of sp³-hybridized carbons (Fsp3) is 0.160. The highest BCUT2D eigenvalue weighted by Gasteiger charge is 2.31. The van der Waals surface area contributed by atoms with Crippen molar-refractivity contribution in [1.29, 1.82) is 0 Å². The minimum absolute atomic E-state index is 0.0336. The van der Waals surface area contributed by atoms with Gasteiger partial charge in [-0.2, -0.15) is 0 Å². The summed E-state index contributed by atoms with van der Waals surface area (Å²) >= 11 is 0. The van der Waals surface area contributed by atoms with Gasteiger partial charge in [-0.3, -0.25) is 4.90 Å². The Morgan fingerprint density at radius 2 is 1.30 bits per heavy atom. The maximum atomic E-state index is 12.9. The Kier molecular flexibility index (Phi) is 8.41. The molecule has 3 aromatic rings. The van der Waals surface area contributed by atoms with E-state index in [0.29, 0.717) is 5.75 Å². The number of carboxylic acid groups (broad SMARTS) is 1. The summed E-state index contributed by atoms with van der Waals surface area (Å²) < 4.78 is 10.5. The minimum atomic E-state index is -1.20. The molecule has 0 aromatic heterocycles. The second kappa shape index (κ2) is 11.9. The summed E-state index contributed by atoms with van der Waals surface area (Å²) in [6, 6.07) is 24.6. The number of carboxylic acids is 1. The number of ether oxygens (including phenoxy) is 2. The van der Waals surface area contributed by atoms with Gasteiger partial charge in [0.1, 0.15) is 17.5 Å². The molecule has 0 unspecified atom stereocenters. The molecule has 170 valence electrons.